The Morgan fingerprint density at radius 3 is 1.86 bits per heavy atom. The second kappa shape index (κ2) is 19.5. The minimum Gasteiger partial charge on any atom is -0.481 e. The molecule has 238 valence electrons. The number of guanidine groups is 1. The van der Waals surface area contributed by atoms with Gasteiger partial charge in [-0.2, -0.15) is 0 Å². The molecule has 0 spiro atoms. The van der Waals surface area contributed by atoms with E-state index in [0.29, 0.717) is 0 Å². The number of aliphatic hydroxyl groups excluding tert-OH is 1. The number of nitrogens with zero attached hydrogens (tertiary/aromatic N) is 1. The number of rotatable bonds is 20. The van der Waals surface area contributed by atoms with Crippen LogP contribution in [0.5, 0.6) is 0 Å². The van der Waals surface area contributed by atoms with Crippen LogP contribution in [0.25, 0.3) is 0 Å². The van der Waals surface area contributed by atoms with Gasteiger partial charge in [0, 0.05) is 13.0 Å². The number of hydrogen-bond donors (Lipinski definition) is 11. The first-order chi connectivity index (χ1) is 19.6. The SMILES string of the molecule is CC(C)C(NC(=O)CNC(=O)C(CCC(=O)O)NC(=O)CNC(=O)C(N)CO)C(=O)NC(CCCN=C(N)N)C(=O)O. The van der Waals surface area contributed by atoms with Crippen LogP contribution in [0.3, 0.4) is 0 Å². The van der Waals surface area contributed by atoms with Crippen molar-refractivity contribution >= 4 is 47.4 Å². The van der Waals surface area contributed by atoms with Gasteiger partial charge in [-0.25, -0.2) is 4.79 Å². The summed E-state index contributed by atoms with van der Waals surface area (Å²) >= 11 is 0. The largest absolute Gasteiger partial charge is 0.481 e. The lowest BCUT2D eigenvalue weighted by atomic mass is 10.0. The van der Waals surface area contributed by atoms with E-state index in [1.54, 1.807) is 13.8 Å². The van der Waals surface area contributed by atoms with Crippen molar-refractivity contribution in [2.75, 3.05) is 26.2 Å². The fraction of sp³-hybridized carbons (Fsp3) is 0.652. The van der Waals surface area contributed by atoms with Crippen molar-refractivity contribution in [1.82, 2.24) is 26.6 Å². The molecule has 14 N–H and O–H groups in total. The summed E-state index contributed by atoms with van der Waals surface area (Å²) in [6.45, 7) is 1.38. The van der Waals surface area contributed by atoms with Gasteiger partial charge in [-0.3, -0.25) is 33.8 Å². The van der Waals surface area contributed by atoms with E-state index in [9.17, 15) is 38.7 Å². The predicted octanol–water partition coefficient (Wildman–Crippen LogP) is -5.35. The number of carboxylic acid groups (broad SMARTS) is 2. The summed E-state index contributed by atoms with van der Waals surface area (Å²) in [6.07, 6.45) is -0.607. The highest BCUT2D eigenvalue weighted by atomic mass is 16.4. The highest BCUT2D eigenvalue weighted by Gasteiger charge is 2.29. The van der Waals surface area contributed by atoms with Gasteiger partial charge < -0.3 is 59.1 Å². The number of hydrogen-bond acceptors (Lipinski definition) is 10. The molecule has 4 unspecified atom stereocenters. The second-order valence-electron chi connectivity index (χ2n) is 9.41. The maximum absolute atomic E-state index is 12.8. The normalized spacial score (nSPS) is 13.5. The molecule has 4 atom stereocenters. The molecule has 42 heavy (non-hydrogen) atoms. The Hall–Kier alpha value is -4.52. The first kappa shape index (κ1) is 37.5. The highest BCUT2D eigenvalue weighted by Crippen LogP contribution is 2.05. The van der Waals surface area contributed by atoms with Crippen molar-refractivity contribution in [3.8, 4) is 0 Å². The van der Waals surface area contributed by atoms with Crippen LogP contribution in [-0.4, -0.2) is 113 Å². The van der Waals surface area contributed by atoms with Crippen LogP contribution < -0.4 is 43.8 Å². The van der Waals surface area contributed by atoms with E-state index < -0.39 is 97.7 Å². The lowest BCUT2D eigenvalue weighted by molar-refractivity contribution is -0.142. The van der Waals surface area contributed by atoms with Crippen LogP contribution in [-0.2, 0) is 33.6 Å². The Morgan fingerprint density at radius 1 is 0.786 bits per heavy atom. The van der Waals surface area contributed by atoms with E-state index in [2.05, 4.69) is 31.6 Å². The summed E-state index contributed by atoms with van der Waals surface area (Å²) in [5, 5.41) is 38.6. The summed E-state index contributed by atoms with van der Waals surface area (Å²) in [4.78, 5) is 88.0. The Balaban J connectivity index is 5.16. The Morgan fingerprint density at radius 2 is 1.36 bits per heavy atom. The zero-order valence-corrected chi connectivity index (χ0v) is 23.4. The minimum absolute atomic E-state index is 0.00798. The van der Waals surface area contributed by atoms with Crippen molar-refractivity contribution in [2.45, 2.75) is 63.7 Å². The summed E-state index contributed by atoms with van der Waals surface area (Å²) < 4.78 is 0. The molecule has 0 fully saturated rings. The molecule has 0 heterocycles. The summed E-state index contributed by atoms with van der Waals surface area (Å²) in [5.74, 6) is -7.45. The maximum atomic E-state index is 12.8. The van der Waals surface area contributed by atoms with Crippen LogP contribution in [0, 0.1) is 5.92 Å². The monoisotopic (exact) mass is 603 g/mol. The van der Waals surface area contributed by atoms with E-state index in [0.717, 1.165) is 0 Å². The molecule has 0 rings (SSSR count). The van der Waals surface area contributed by atoms with E-state index in [-0.39, 0.29) is 31.8 Å². The number of carbonyl (C=O) groups excluding carboxylic acids is 5. The number of aliphatic imine (C=N–C) groups is 1. The lowest BCUT2D eigenvalue weighted by Crippen LogP contribution is -2.56. The molecule has 5 amide bonds. The van der Waals surface area contributed by atoms with Gasteiger partial charge in [0.25, 0.3) is 0 Å². The molecule has 0 aliphatic rings. The van der Waals surface area contributed by atoms with E-state index >= 15 is 0 Å². The highest BCUT2D eigenvalue weighted by molar-refractivity contribution is 5.94. The van der Waals surface area contributed by atoms with Gasteiger partial charge in [-0.1, -0.05) is 13.8 Å². The van der Waals surface area contributed by atoms with E-state index in [1.165, 1.54) is 0 Å². The number of aliphatic hydroxyl groups is 1. The van der Waals surface area contributed by atoms with Crippen LogP contribution in [0.4, 0.5) is 0 Å². The third kappa shape index (κ3) is 15.9. The molecule has 0 aliphatic heterocycles. The number of aliphatic carboxylic acids is 2. The second-order valence-corrected chi connectivity index (χ2v) is 9.41. The fourth-order valence-electron chi connectivity index (χ4n) is 3.24. The van der Waals surface area contributed by atoms with Crippen LogP contribution >= 0.6 is 0 Å². The average Bonchev–Trinajstić information content (AvgIpc) is 2.91. The number of nitrogens with two attached hydrogens (primary N) is 3. The maximum Gasteiger partial charge on any atom is 0.326 e. The van der Waals surface area contributed by atoms with Gasteiger partial charge in [-0.05, 0) is 25.2 Å². The summed E-state index contributed by atoms with van der Waals surface area (Å²) in [5.41, 5.74) is 15.8. The molecule has 0 aromatic heterocycles. The van der Waals surface area contributed by atoms with Gasteiger partial charge in [0.15, 0.2) is 5.96 Å². The topological polar surface area (TPSA) is 331 Å². The minimum atomic E-state index is -1.40. The molecule has 0 saturated heterocycles. The Kier molecular flexibility index (Phi) is 17.4. The molecular weight excluding hydrogens is 562 g/mol. The van der Waals surface area contributed by atoms with Crippen molar-refractivity contribution in [3.05, 3.63) is 0 Å². The Bertz CT molecular complexity index is 1000. The number of carbonyl (C=O) groups is 7. The van der Waals surface area contributed by atoms with Crippen LogP contribution in [0.1, 0.15) is 39.5 Å². The molecule has 0 bridgehead atoms. The van der Waals surface area contributed by atoms with Crippen molar-refractivity contribution < 1.29 is 48.9 Å². The average molecular weight is 604 g/mol. The van der Waals surface area contributed by atoms with E-state index in [1.807, 2.05) is 0 Å². The predicted molar refractivity (Wildman–Crippen MR) is 146 cm³/mol. The summed E-state index contributed by atoms with van der Waals surface area (Å²) in [7, 11) is 0. The molecule has 19 nitrogen and oxygen atoms in total. The molecule has 0 radical (unpaired) electrons. The van der Waals surface area contributed by atoms with Gasteiger partial charge in [0.05, 0.1) is 19.7 Å². The first-order valence-corrected chi connectivity index (χ1v) is 12.9. The van der Waals surface area contributed by atoms with Gasteiger partial charge in [-0.15, -0.1) is 0 Å². The smallest absolute Gasteiger partial charge is 0.326 e. The van der Waals surface area contributed by atoms with Crippen LogP contribution in [0.2, 0.25) is 0 Å². The van der Waals surface area contributed by atoms with Crippen molar-refractivity contribution in [2.24, 2.45) is 28.1 Å². The fourth-order valence-corrected chi connectivity index (χ4v) is 3.24. The van der Waals surface area contributed by atoms with Crippen LogP contribution in [0.15, 0.2) is 4.99 Å². The van der Waals surface area contributed by atoms with Crippen molar-refractivity contribution in [3.63, 3.8) is 0 Å². The zero-order chi connectivity index (χ0) is 32.4. The zero-order valence-electron chi connectivity index (χ0n) is 23.4. The molecule has 19 heteroatoms. The summed E-state index contributed by atoms with van der Waals surface area (Å²) in [6, 6.07) is -5.13. The molecule has 0 aliphatic carbocycles. The number of amides is 5. The van der Waals surface area contributed by atoms with Gasteiger partial charge in [0.2, 0.25) is 29.5 Å². The first-order valence-electron chi connectivity index (χ1n) is 12.9. The molecule has 0 aromatic carbocycles. The molecule has 0 saturated carbocycles. The van der Waals surface area contributed by atoms with Gasteiger partial charge in [0.1, 0.15) is 24.2 Å². The Labute approximate surface area is 241 Å². The third-order valence-electron chi connectivity index (χ3n) is 5.50. The van der Waals surface area contributed by atoms with Crippen molar-refractivity contribution in [1.29, 1.82) is 0 Å². The lowest BCUT2D eigenvalue weighted by Gasteiger charge is -2.24. The number of carboxylic acids is 2. The number of nitrogens with one attached hydrogen (secondary N) is 5. The van der Waals surface area contributed by atoms with Gasteiger partial charge >= 0.3 is 11.9 Å². The van der Waals surface area contributed by atoms with E-state index in [4.69, 9.17) is 27.4 Å². The quantitative estimate of drug-likeness (QED) is 0.0352. The standard InChI is InChI=1S/C23H41N9O10/c1-11(2)18(21(40)31-14(22(41)42)4-3-7-27-23(25)26)32-16(35)9-29-20(39)13(5-6-17(36)37)30-15(34)8-28-19(38)12(24)10-33/h11-14,18,33H,3-10,24H2,1-2H3,(H,28,38)(H,29,39)(H,30,34)(H,31,40)(H,32,35)(H,36,37)(H,41,42)(H4,25,26,27). The third-order valence-corrected chi connectivity index (χ3v) is 5.50. The molecular formula is C23H41N9O10. The molecule has 0 aromatic rings.